The molecule has 0 fully saturated rings. The molecule has 1 aromatic rings. The highest BCUT2D eigenvalue weighted by atomic mass is 35.5. The first kappa shape index (κ1) is 9.86. The summed E-state index contributed by atoms with van der Waals surface area (Å²) in [6.45, 7) is 0. The predicted octanol–water partition coefficient (Wildman–Crippen LogP) is 1.94. The molecule has 0 aliphatic rings. The molecule has 13 heavy (non-hydrogen) atoms. The number of rotatable bonds is 3. The van der Waals surface area contributed by atoms with Gasteiger partial charge in [0.2, 0.25) is 0 Å². The molecular weight excluding hydrogens is 190 g/mol. The maximum atomic E-state index is 10.3. The van der Waals surface area contributed by atoms with Crippen LogP contribution in [0.3, 0.4) is 0 Å². The molecule has 0 saturated heterocycles. The van der Waals surface area contributed by atoms with Crippen molar-refractivity contribution in [3.8, 4) is 0 Å². The molecule has 0 aliphatic heterocycles. The summed E-state index contributed by atoms with van der Waals surface area (Å²) in [6.07, 6.45) is 0.492. The molecule has 0 radical (unpaired) electrons. The van der Waals surface area contributed by atoms with Crippen molar-refractivity contribution in [2.45, 2.75) is 12.8 Å². The van der Waals surface area contributed by atoms with E-state index in [2.05, 4.69) is 0 Å². The number of hydrogen-bond acceptors (Lipinski definition) is 2. The molecule has 3 nitrogen and oxygen atoms in total. The van der Waals surface area contributed by atoms with Gasteiger partial charge in [-0.3, -0.25) is 4.79 Å². The zero-order valence-electron chi connectivity index (χ0n) is 6.96. The monoisotopic (exact) mass is 199 g/mol. The molecule has 0 amide bonds. The van der Waals surface area contributed by atoms with Crippen molar-refractivity contribution >= 4 is 23.3 Å². The third-order valence-electron chi connectivity index (χ3n) is 1.75. The number of hydrogen-bond donors (Lipinski definition) is 2. The third kappa shape index (κ3) is 2.63. The van der Waals surface area contributed by atoms with Gasteiger partial charge in [-0.1, -0.05) is 23.7 Å². The molecule has 0 aliphatic carbocycles. The number of anilines is 1. The smallest absolute Gasteiger partial charge is 0.303 e. The van der Waals surface area contributed by atoms with Crippen molar-refractivity contribution in [1.82, 2.24) is 0 Å². The SMILES string of the molecule is Nc1c(Cl)cccc1CCC(=O)O. The van der Waals surface area contributed by atoms with Crippen molar-refractivity contribution in [2.24, 2.45) is 0 Å². The van der Waals surface area contributed by atoms with Crippen molar-refractivity contribution in [1.29, 1.82) is 0 Å². The van der Waals surface area contributed by atoms with Gasteiger partial charge < -0.3 is 10.8 Å². The van der Waals surface area contributed by atoms with Gasteiger partial charge in [0.15, 0.2) is 0 Å². The van der Waals surface area contributed by atoms with Crippen LogP contribution in [0.25, 0.3) is 0 Å². The third-order valence-corrected chi connectivity index (χ3v) is 2.08. The van der Waals surface area contributed by atoms with Crippen LogP contribution in [0.15, 0.2) is 18.2 Å². The summed E-state index contributed by atoms with van der Waals surface area (Å²) < 4.78 is 0. The highest BCUT2D eigenvalue weighted by molar-refractivity contribution is 6.33. The van der Waals surface area contributed by atoms with Gasteiger partial charge in [0.1, 0.15) is 0 Å². The summed E-state index contributed by atoms with van der Waals surface area (Å²) in [7, 11) is 0. The summed E-state index contributed by atoms with van der Waals surface area (Å²) >= 11 is 5.76. The van der Waals surface area contributed by atoms with Gasteiger partial charge in [-0.2, -0.15) is 0 Å². The van der Waals surface area contributed by atoms with Gasteiger partial charge in [0, 0.05) is 6.42 Å². The number of aryl methyl sites for hydroxylation is 1. The summed E-state index contributed by atoms with van der Waals surface area (Å²) in [5.74, 6) is -0.834. The number of halogens is 1. The van der Waals surface area contributed by atoms with Crippen LogP contribution in [0, 0.1) is 0 Å². The quantitative estimate of drug-likeness (QED) is 0.732. The van der Waals surface area contributed by atoms with Gasteiger partial charge in [-0.25, -0.2) is 0 Å². The van der Waals surface area contributed by atoms with E-state index in [-0.39, 0.29) is 6.42 Å². The molecule has 1 aromatic carbocycles. The zero-order valence-corrected chi connectivity index (χ0v) is 7.71. The Morgan fingerprint density at radius 2 is 2.23 bits per heavy atom. The van der Waals surface area contributed by atoms with Crippen LogP contribution in [0.1, 0.15) is 12.0 Å². The zero-order chi connectivity index (χ0) is 9.84. The Hall–Kier alpha value is -1.22. The molecule has 1 rings (SSSR count). The normalized spacial score (nSPS) is 9.92. The largest absolute Gasteiger partial charge is 0.481 e. The lowest BCUT2D eigenvalue weighted by Gasteiger charge is -2.04. The number of nitrogens with two attached hydrogens (primary N) is 1. The molecule has 70 valence electrons. The van der Waals surface area contributed by atoms with Crippen molar-refractivity contribution in [3.63, 3.8) is 0 Å². The molecule has 0 saturated carbocycles. The Morgan fingerprint density at radius 3 is 2.85 bits per heavy atom. The minimum Gasteiger partial charge on any atom is -0.481 e. The number of nitrogen functional groups attached to an aromatic ring is 1. The minimum absolute atomic E-state index is 0.0740. The number of carbonyl (C=O) groups is 1. The Bertz CT molecular complexity index is 325. The van der Waals surface area contributed by atoms with E-state index >= 15 is 0 Å². The van der Waals surface area contributed by atoms with Crippen LogP contribution >= 0.6 is 11.6 Å². The van der Waals surface area contributed by atoms with E-state index in [0.29, 0.717) is 17.1 Å². The first-order chi connectivity index (χ1) is 6.11. The fraction of sp³-hybridized carbons (Fsp3) is 0.222. The standard InChI is InChI=1S/C9H10ClNO2/c10-7-3-1-2-6(9(7)11)4-5-8(12)13/h1-3H,4-5,11H2,(H,12,13). The van der Waals surface area contributed by atoms with Gasteiger partial charge in [-0.15, -0.1) is 0 Å². The molecule has 0 aromatic heterocycles. The van der Waals surface area contributed by atoms with Crippen LogP contribution < -0.4 is 5.73 Å². The van der Waals surface area contributed by atoms with E-state index in [9.17, 15) is 4.79 Å². The molecule has 4 heteroatoms. The lowest BCUT2D eigenvalue weighted by atomic mass is 10.1. The molecule has 0 bridgehead atoms. The summed E-state index contributed by atoms with van der Waals surface area (Å²) in [6, 6.07) is 5.22. The van der Waals surface area contributed by atoms with E-state index in [1.54, 1.807) is 18.2 Å². The Balaban J connectivity index is 2.77. The predicted molar refractivity (Wildman–Crippen MR) is 51.8 cm³/mol. The van der Waals surface area contributed by atoms with Gasteiger partial charge >= 0.3 is 5.97 Å². The summed E-state index contributed by atoms with van der Waals surface area (Å²) in [5.41, 5.74) is 6.91. The highest BCUT2D eigenvalue weighted by Gasteiger charge is 2.04. The van der Waals surface area contributed by atoms with Crippen LogP contribution in [-0.2, 0) is 11.2 Å². The number of carboxylic acid groups (broad SMARTS) is 1. The lowest BCUT2D eigenvalue weighted by molar-refractivity contribution is -0.136. The molecule has 3 N–H and O–H groups in total. The van der Waals surface area contributed by atoms with Gasteiger partial charge in [0.05, 0.1) is 10.7 Å². The Kier molecular flexibility index (Phi) is 3.14. The van der Waals surface area contributed by atoms with E-state index < -0.39 is 5.97 Å². The second-order valence-electron chi connectivity index (χ2n) is 2.71. The summed E-state index contributed by atoms with van der Waals surface area (Å²) in [5, 5.41) is 8.94. The Labute approximate surface area is 81.1 Å². The molecular formula is C9H10ClNO2. The van der Waals surface area contributed by atoms with E-state index in [1.165, 1.54) is 0 Å². The fourth-order valence-corrected chi connectivity index (χ4v) is 1.24. The minimum atomic E-state index is -0.834. The number of benzene rings is 1. The van der Waals surface area contributed by atoms with E-state index in [0.717, 1.165) is 5.56 Å². The lowest BCUT2D eigenvalue weighted by Crippen LogP contribution is -2.00. The first-order valence-electron chi connectivity index (χ1n) is 3.86. The fourth-order valence-electron chi connectivity index (χ4n) is 1.04. The van der Waals surface area contributed by atoms with Crippen molar-refractivity contribution in [3.05, 3.63) is 28.8 Å². The van der Waals surface area contributed by atoms with Gasteiger partial charge in [-0.05, 0) is 18.1 Å². The average molecular weight is 200 g/mol. The maximum absolute atomic E-state index is 10.3. The molecule has 0 spiro atoms. The number of para-hydroxylation sites is 1. The highest BCUT2D eigenvalue weighted by Crippen LogP contribution is 2.23. The van der Waals surface area contributed by atoms with Crippen LogP contribution in [0.2, 0.25) is 5.02 Å². The topological polar surface area (TPSA) is 63.3 Å². The van der Waals surface area contributed by atoms with Crippen molar-refractivity contribution in [2.75, 3.05) is 5.73 Å². The number of carboxylic acids is 1. The second-order valence-corrected chi connectivity index (χ2v) is 3.11. The van der Waals surface area contributed by atoms with E-state index in [4.69, 9.17) is 22.4 Å². The van der Waals surface area contributed by atoms with Crippen LogP contribution in [-0.4, -0.2) is 11.1 Å². The average Bonchev–Trinajstić information content (AvgIpc) is 2.07. The van der Waals surface area contributed by atoms with Crippen LogP contribution in [0.5, 0.6) is 0 Å². The molecule has 0 unspecified atom stereocenters. The van der Waals surface area contributed by atoms with E-state index in [1.807, 2.05) is 0 Å². The maximum Gasteiger partial charge on any atom is 0.303 e. The van der Waals surface area contributed by atoms with Crippen LogP contribution in [0.4, 0.5) is 5.69 Å². The molecule has 0 atom stereocenters. The Morgan fingerprint density at radius 1 is 1.54 bits per heavy atom. The molecule has 0 heterocycles. The first-order valence-corrected chi connectivity index (χ1v) is 4.23. The second kappa shape index (κ2) is 4.14. The van der Waals surface area contributed by atoms with Gasteiger partial charge in [0.25, 0.3) is 0 Å². The summed E-state index contributed by atoms with van der Waals surface area (Å²) in [4.78, 5) is 10.3. The number of aliphatic carboxylic acids is 1. The van der Waals surface area contributed by atoms with Crippen molar-refractivity contribution < 1.29 is 9.90 Å².